The number of benzene rings is 2. The van der Waals surface area contributed by atoms with E-state index in [-0.39, 0.29) is 5.91 Å². The zero-order chi connectivity index (χ0) is 20.6. The monoisotopic (exact) mass is 389 g/mol. The van der Waals surface area contributed by atoms with E-state index in [4.69, 9.17) is 4.74 Å². The molecule has 0 saturated carbocycles. The lowest BCUT2D eigenvalue weighted by molar-refractivity contribution is 0.0988. The molecule has 0 radical (unpaired) electrons. The number of rotatable bonds is 8. The third-order valence-electron chi connectivity index (χ3n) is 4.76. The molecule has 0 aliphatic carbocycles. The van der Waals surface area contributed by atoms with Gasteiger partial charge >= 0.3 is 0 Å². The summed E-state index contributed by atoms with van der Waals surface area (Å²) in [7, 11) is 1.66. The van der Waals surface area contributed by atoms with Gasteiger partial charge in [0.05, 0.1) is 18.4 Å². The van der Waals surface area contributed by atoms with Crippen LogP contribution < -0.4 is 15.0 Å². The van der Waals surface area contributed by atoms with Gasteiger partial charge in [0.1, 0.15) is 5.75 Å². The highest BCUT2D eigenvalue weighted by atomic mass is 16.5. The van der Waals surface area contributed by atoms with E-state index in [2.05, 4.69) is 22.4 Å². The Labute approximate surface area is 172 Å². The van der Waals surface area contributed by atoms with E-state index in [0.717, 1.165) is 35.7 Å². The molecule has 0 bridgehead atoms. The average Bonchev–Trinajstić information content (AvgIpc) is 2.75. The predicted molar refractivity (Wildman–Crippen MR) is 118 cm³/mol. The summed E-state index contributed by atoms with van der Waals surface area (Å²) in [5.41, 5.74) is 4.65. The topological polar surface area (TPSA) is 54.5 Å². The number of pyridine rings is 1. The number of nitrogens with one attached hydrogen (secondary N) is 1. The van der Waals surface area contributed by atoms with Crippen LogP contribution in [0, 0.1) is 6.92 Å². The Balaban J connectivity index is 1.65. The molecule has 5 heteroatoms. The standard InChI is InChI=1S/C24H27N3O2/c1-4-27(22-7-5-6-18(2)14-22)24(28)20-15-21(17-25-16-20)26-13-12-19-8-10-23(29-3)11-9-19/h5-11,14-17,26H,4,12-13H2,1-3H3. The first-order chi connectivity index (χ1) is 14.1. The molecule has 1 aromatic heterocycles. The first-order valence-electron chi connectivity index (χ1n) is 9.81. The maximum Gasteiger partial charge on any atom is 0.259 e. The Morgan fingerprint density at radius 1 is 1.10 bits per heavy atom. The lowest BCUT2D eigenvalue weighted by atomic mass is 10.1. The number of aromatic nitrogens is 1. The maximum atomic E-state index is 13.0. The molecule has 0 atom stereocenters. The molecule has 0 saturated heterocycles. The maximum absolute atomic E-state index is 13.0. The molecule has 1 amide bonds. The number of aryl methyl sites for hydroxylation is 1. The molecule has 0 unspecified atom stereocenters. The fourth-order valence-electron chi connectivity index (χ4n) is 3.19. The number of nitrogens with zero attached hydrogens (tertiary/aromatic N) is 2. The SMILES string of the molecule is CCN(C(=O)c1cncc(NCCc2ccc(OC)cc2)c1)c1cccc(C)c1. The number of amides is 1. The van der Waals surface area contributed by atoms with E-state index >= 15 is 0 Å². The minimum Gasteiger partial charge on any atom is -0.497 e. The van der Waals surface area contributed by atoms with Crippen molar-refractivity contribution < 1.29 is 9.53 Å². The highest BCUT2D eigenvalue weighted by Gasteiger charge is 2.17. The van der Waals surface area contributed by atoms with Gasteiger partial charge in [-0.2, -0.15) is 0 Å². The van der Waals surface area contributed by atoms with Gasteiger partial charge in [0.2, 0.25) is 0 Å². The fourth-order valence-corrected chi connectivity index (χ4v) is 3.19. The van der Waals surface area contributed by atoms with E-state index in [1.54, 1.807) is 24.4 Å². The van der Waals surface area contributed by atoms with Crippen LogP contribution in [0.15, 0.2) is 67.0 Å². The first-order valence-corrected chi connectivity index (χ1v) is 9.81. The van der Waals surface area contributed by atoms with Crippen LogP contribution in [0.5, 0.6) is 5.75 Å². The van der Waals surface area contributed by atoms with E-state index in [9.17, 15) is 4.79 Å². The third kappa shape index (κ3) is 5.35. The van der Waals surface area contributed by atoms with Crippen LogP contribution in [0.3, 0.4) is 0 Å². The largest absolute Gasteiger partial charge is 0.497 e. The van der Waals surface area contributed by atoms with Crippen molar-refractivity contribution in [1.82, 2.24) is 4.98 Å². The molecule has 0 aliphatic heterocycles. The van der Waals surface area contributed by atoms with E-state index in [1.165, 1.54) is 5.56 Å². The van der Waals surface area contributed by atoms with Crippen LogP contribution in [0.2, 0.25) is 0 Å². The smallest absolute Gasteiger partial charge is 0.259 e. The van der Waals surface area contributed by atoms with Crippen molar-refractivity contribution in [3.63, 3.8) is 0 Å². The molecule has 5 nitrogen and oxygen atoms in total. The van der Waals surface area contributed by atoms with Crippen molar-refractivity contribution in [3.8, 4) is 5.75 Å². The molecule has 3 rings (SSSR count). The molecule has 1 N–H and O–H groups in total. The summed E-state index contributed by atoms with van der Waals surface area (Å²) in [6.07, 6.45) is 4.23. The summed E-state index contributed by atoms with van der Waals surface area (Å²) in [4.78, 5) is 19.1. The summed E-state index contributed by atoms with van der Waals surface area (Å²) >= 11 is 0. The van der Waals surface area contributed by atoms with Gasteiger partial charge in [0.15, 0.2) is 0 Å². The second-order valence-corrected chi connectivity index (χ2v) is 6.88. The zero-order valence-corrected chi connectivity index (χ0v) is 17.2. The van der Waals surface area contributed by atoms with Crippen molar-refractivity contribution in [2.45, 2.75) is 20.3 Å². The number of carbonyl (C=O) groups excluding carboxylic acids is 1. The Hall–Kier alpha value is -3.34. The summed E-state index contributed by atoms with van der Waals surface area (Å²) in [5, 5.41) is 3.36. The zero-order valence-electron chi connectivity index (χ0n) is 17.2. The molecule has 1 heterocycles. The summed E-state index contributed by atoms with van der Waals surface area (Å²) < 4.78 is 5.19. The Morgan fingerprint density at radius 3 is 2.59 bits per heavy atom. The average molecular weight is 389 g/mol. The van der Waals surface area contributed by atoms with Gasteiger partial charge in [0.25, 0.3) is 5.91 Å². The molecule has 2 aromatic carbocycles. The van der Waals surface area contributed by atoms with E-state index in [1.807, 2.05) is 56.3 Å². The molecule has 3 aromatic rings. The summed E-state index contributed by atoms with van der Waals surface area (Å²) in [6.45, 7) is 5.35. The lowest BCUT2D eigenvalue weighted by Crippen LogP contribution is -2.30. The number of carbonyl (C=O) groups is 1. The third-order valence-corrected chi connectivity index (χ3v) is 4.76. The minimum absolute atomic E-state index is 0.0515. The van der Waals surface area contributed by atoms with Crippen molar-refractivity contribution in [1.29, 1.82) is 0 Å². The van der Waals surface area contributed by atoms with Crippen LogP contribution in [0.1, 0.15) is 28.4 Å². The van der Waals surface area contributed by atoms with E-state index < -0.39 is 0 Å². The van der Waals surface area contributed by atoms with Gasteiger partial charge in [-0.15, -0.1) is 0 Å². The van der Waals surface area contributed by atoms with Crippen molar-refractivity contribution in [2.75, 3.05) is 30.4 Å². The number of hydrogen-bond donors (Lipinski definition) is 1. The summed E-state index contributed by atoms with van der Waals surface area (Å²) in [5.74, 6) is 0.801. The molecule has 150 valence electrons. The van der Waals surface area contributed by atoms with Crippen molar-refractivity contribution in [2.24, 2.45) is 0 Å². The second kappa shape index (κ2) is 9.73. The number of methoxy groups -OCH3 is 1. The van der Waals surface area contributed by atoms with Crippen LogP contribution in [0.4, 0.5) is 11.4 Å². The molecule has 0 spiro atoms. The second-order valence-electron chi connectivity index (χ2n) is 6.88. The normalized spacial score (nSPS) is 10.4. The summed E-state index contributed by atoms with van der Waals surface area (Å²) in [6, 6.07) is 17.9. The number of ether oxygens (including phenoxy) is 1. The van der Waals surface area contributed by atoms with Crippen molar-refractivity contribution in [3.05, 3.63) is 83.7 Å². The highest BCUT2D eigenvalue weighted by molar-refractivity contribution is 6.06. The predicted octanol–water partition coefficient (Wildman–Crippen LogP) is 4.72. The molecule has 29 heavy (non-hydrogen) atoms. The molecule has 0 fully saturated rings. The highest BCUT2D eigenvalue weighted by Crippen LogP contribution is 2.20. The lowest BCUT2D eigenvalue weighted by Gasteiger charge is -2.21. The van der Waals surface area contributed by atoms with Gasteiger partial charge in [-0.25, -0.2) is 0 Å². The van der Waals surface area contributed by atoms with E-state index in [0.29, 0.717) is 12.1 Å². The Bertz CT molecular complexity index is 954. The molecular weight excluding hydrogens is 362 g/mol. The van der Waals surface area contributed by atoms with Crippen LogP contribution in [-0.2, 0) is 6.42 Å². The van der Waals surface area contributed by atoms with Crippen molar-refractivity contribution >= 4 is 17.3 Å². The van der Waals surface area contributed by atoms with Crippen LogP contribution in [0.25, 0.3) is 0 Å². The van der Waals surface area contributed by atoms with Gasteiger partial charge < -0.3 is 15.0 Å². The van der Waals surface area contributed by atoms with Gasteiger partial charge in [-0.3, -0.25) is 9.78 Å². The first kappa shape index (κ1) is 20.4. The van der Waals surface area contributed by atoms with Gasteiger partial charge in [-0.05, 0) is 61.7 Å². The molecule has 0 aliphatic rings. The number of hydrogen-bond acceptors (Lipinski definition) is 4. The molecular formula is C24H27N3O2. The number of anilines is 2. The Kier molecular flexibility index (Phi) is 6.85. The minimum atomic E-state index is -0.0515. The van der Waals surface area contributed by atoms with Gasteiger partial charge in [-0.1, -0.05) is 24.3 Å². The van der Waals surface area contributed by atoms with Crippen LogP contribution >= 0.6 is 0 Å². The van der Waals surface area contributed by atoms with Gasteiger partial charge in [0, 0.05) is 31.2 Å². The fraction of sp³-hybridized carbons (Fsp3) is 0.250. The Morgan fingerprint density at radius 2 is 1.90 bits per heavy atom. The van der Waals surface area contributed by atoms with Crippen LogP contribution in [-0.4, -0.2) is 31.1 Å². The quantitative estimate of drug-likeness (QED) is 0.606.